The molecule has 7 heteroatoms. The SMILES string of the molecule is CC(C)(CO)NC(=O)c1ccc(Cl)c([N+](=O)[O-])c1. The Balaban J connectivity index is 3.01. The fourth-order valence-electron chi connectivity index (χ4n) is 1.21. The smallest absolute Gasteiger partial charge is 0.288 e. The van der Waals surface area contributed by atoms with Gasteiger partial charge in [-0.05, 0) is 26.0 Å². The van der Waals surface area contributed by atoms with Gasteiger partial charge < -0.3 is 10.4 Å². The zero-order valence-electron chi connectivity index (χ0n) is 9.94. The van der Waals surface area contributed by atoms with Crippen LogP contribution >= 0.6 is 11.6 Å². The van der Waals surface area contributed by atoms with Gasteiger partial charge in [-0.3, -0.25) is 14.9 Å². The van der Waals surface area contributed by atoms with Gasteiger partial charge in [-0.25, -0.2) is 0 Å². The van der Waals surface area contributed by atoms with Gasteiger partial charge in [0.1, 0.15) is 5.02 Å². The number of rotatable bonds is 4. The molecule has 0 bridgehead atoms. The van der Waals surface area contributed by atoms with E-state index in [0.717, 1.165) is 6.07 Å². The van der Waals surface area contributed by atoms with Crippen LogP contribution in [-0.2, 0) is 0 Å². The van der Waals surface area contributed by atoms with Crippen LogP contribution in [0.1, 0.15) is 24.2 Å². The zero-order valence-corrected chi connectivity index (χ0v) is 10.7. The Morgan fingerprint density at radius 1 is 1.56 bits per heavy atom. The molecule has 0 radical (unpaired) electrons. The predicted octanol–water partition coefficient (Wildman–Crippen LogP) is 1.75. The number of carbonyl (C=O) groups is 1. The molecule has 0 aliphatic carbocycles. The first kappa shape index (κ1) is 14.4. The zero-order chi connectivity index (χ0) is 13.9. The maximum Gasteiger partial charge on any atom is 0.288 e. The number of nitro benzene ring substituents is 1. The van der Waals surface area contributed by atoms with Crippen LogP contribution < -0.4 is 5.32 Å². The molecule has 0 unspecified atom stereocenters. The summed E-state index contributed by atoms with van der Waals surface area (Å²) >= 11 is 5.64. The minimum Gasteiger partial charge on any atom is -0.394 e. The lowest BCUT2D eigenvalue weighted by Gasteiger charge is -2.23. The first-order valence-electron chi connectivity index (χ1n) is 5.14. The first-order chi connectivity index (χ1) is 8.26. The van der Waals surface area contributed by atoms with E-state index < -0.39 is 16.4 Å². The van der Waals surface area contributed by atoms with E-state index in [0.29, 0.717) is 0 Å². The molecule has 1 aromatic rings. The van der Waals surface area contributed by atoms with Crippen LogP contribution in [0, 0.1) is 10.1 Å². The van der Waals surface area contributed by atoms with Crippen LogP contribution in [0.5, 0.6) is 0 Å². The highest BCUT2D eigenvalue weighted by molar-refractivity contribution is 6.32. The summed E-state index contributed by atoms with van der Waals surface area (Å²) < 4.78 is 0. The van der Waals surface area contributed by atoms with Crippen molar-refractivity contribution in [3.05, 3.63) is 38.9 Å². The van der Waals surface area contributed by atoms with Crippen molar-refractivity contribution < 1.29 is 14.8 Å². The largest absolute Gasteiger partial charge is 0.394 e. The molecule has 0 aliphatic heterocycles. The molecule has 0 aromatic heterocycles. The van der Waals surface area contributed by atoms with E-state index in [4.69, 9.17) is 16.7 Å². The van der Waals surface area contributed by atoms with E-state index in [1.54, 1.807) is 13.8 Å². The molecule has 1 rings (SSSR count). The third-order valence-corrected chi connectivity index (χ3v) is 2.57. The van der Waals surface area contributed by atoms with Crippen molar-refractivity contribution in [3.8, 4) is 0 Å². The fourth-order valence-corrected chi connectivity index (χ4v) is 1.40. The number of carbonyl (C=O) groups excluding carboxylic acids is 1. The maximum absolute atomic E-state index is 11.8. The second-order valence-electron chi connectivity index (χ2n) is 4.42. The summed E-state index contributed by atoms with van der Waals surface area (Å²) in [5.41, 5.74) is -1.01. The van der Waals surface area contributed by atoms with Gasteiger partial charge in [0.05, 0.1) is 17.1 Å². The van der Waals surface area contributed by atoms with Crippen molar-refractivity contribution in [3.63, 3.8) is 0 Å². The number of nitrogens with one attached hydrogen (secondary N) is 1. The average Bonchev–Trinajstić information content (AvgIpc) is 2.28. The van der Waals surface area contributed by atoms with E-state index in [1.165, 1.54) is 12.1 Å². The molecule has 1 amide bonds. The van der Waals surface area contributed by atoms with E-state index >= 15 is 0 Å². The van der Waals surface area contributed by atoms with Crippen molar-refractivity contribution in [2.45, 2.75) is 19.4 Å². The quantitative estimate of drug-likeness (QED) is 0.645. The Morgan fingerprint density at radius 3 is 2.67 bits per heavy atom. The molecule has 98 valence electrons. The monoisotopic (exact) mass is 272 g/mol. The predicted molar refractivity (Wildman–Crippen MR) is 66.7 cm³/mol. The summed E-state index contributed by atoms with van der Waals surface area (Å²) in [7, 11) is 0. The van der Waals surface area contributed by atoms with Crippen molar-refractivity contribution in [1.29, 1.82) is 0 Å². The van der Waals surface area contributed by atoms with E-state index in [9.17, 15) is 14.9 Å². The second kappa shape index (κ2) is 5.32. The summed E-state index contributed by atoms with van der Waals surface area (Å²) in [5, 5.41) is 22.2. The van der Waals surface area contributed by atoms with Gasteiger partial charge in [0.25, 0.3) is 11.6 Å². The van der Waals surface area contributed by atoms with Gasteiger partial charge in [0.15, 0.2) is 0 Å². The highest BCUT2D eigenvalue weighted by Gasteiger charge is 2.22. The number of aliphatic hydroxyl groups excluding tert-OH is 1. The summed E-state index contributed by atoms with van der Waals surface area (Å²) in [6, 6.07) is 3.78. The van der Waals surface area contributed by atoms with Crippen molar-refractivity contribution in [2.75, 3.05) is 6.61 Å². The third kappa shape index (κ3) is 3.41. The number of amides is 1. The summed E-state index contributed by atoms with van der Waals surface area (Å²) in [6.45, 7) is 3.03. The molecule has 0 aliphatic rings. The van der Waals surface area contributed by atoms with E-state index in [1.807, 2.05) is 0 Å². The van der Waals surface area contributed by atoms with Crippen LogP contribution in [-0.4, -0.2) is 28.1 Å². The average molecular weight is 273 g/mol. The Kier molecular flexibility index (Phi) is 4.26. The normalized spacial score (nSPS) is 11.1. The lowest BCUT2D eigenvalue weighted by atomic mass is 10.1. The minimum absolute atomic E-state index is 0.0297. The molecule has 6 nitrogen and oxygen atoms in total. The molecule has 0 saturated heterocycles. The van der Waals surface area contributed by atoms with Crippen molar-refractivity contribution in [1.82, 2.24) is 5.32 Å². The second-order valence-corrected chi connectivity index (χ2v) is 4.83. The maximum atomic E-state index is 11.8. The number of nitrogens with zero attached hydrogens (tertiary/aromatic N) is 1. The summed E-state index contributed by atoms with van der Waals surface area (Å²) in [5.74, 6) is -0.506. The summed E-state index contributed by atoms with van der Waals surface area (Å²) in [6.07, 6.45) is 0. The number of hydrogen-bond donors (Lipinski definition) is 2. The molecule has 0 saturated carbocycles. The van der Waals surface area contributed by atoms with Gasteiger partial charge in [0, 0.05) is 11.6 Å². The number of hydrogen-bond acceptors (Lipinski definition) is 4. The summed E-state index contributed by atoms with van der Waals surface area (Å²) in [4.78, 5) is 21.8. The van der Waals surface area contributed by atoms with Crippen LogP contribution in [0.2, 0.25) is 5.02 Å². The fraction of sp³-hybridized carbons (Fsp3) is 0.364. The van der Waals surface area contributed by atoms with Gasteiger partial charge in [-0.2, -0.15) is 0 Å². The number of aliphatic hydroxyl groups is 1. The number of nitro groups is 1. The Bertz CT molecular complexity index is 488. The molecular formula is C11H13ClN2O4. The molecule has 0 spiro atoms. The standard InChI is InChI=1S/C11H13ClN2O4/c1-11(2,6-15)13-10(16)7-3-4-8(12)9(5-7)14(17)18/h3-5,15H,6H2,1-2H3,(H,13,16). The number of benzene rings is 1. The Labute approximate surface area is 109 Å². The lowest BCUT2D eigenvalue weighted by Crippen LogP contribution is -2.46. The molecule has 0 heterocycles. The van der Waals surface area contributed by atoms with Crippen molar-refractivity contribution in [2.24, 2.45) is 0 Å². The molecule has 0 fully saturated rings. The Morgan fingerprint density at radius 2 is 2.17 bits per heavy atom. The minimum atomic E-state index is -0.800. The topological polar surface area (TPSA) is 92.5 Å². The third-order valence-electron chi connectivity index (χ3n) is 2.25. The van der Waals surface area contributed by atoms with Crippen molar-refractivity contribution >= 4 is 23.2 Å². The van der Waals surface area contributed by atoms with E-state index in [2.05, 4.69) is 5.32 Å². The van der Waals surface area contributed by atoms with Gasteiger partial charge in [0.2, 0.25) is 0 Å². The highest BCUT2D eigenvalue weighted by Crippen LogP contribution is 2.25. The molecule has 2 N–H and O–H groups in total. The van der Waals surface area contributed by atoms with Gasteiger partial charge in [-0.15, -0.1) is 0 Å². The Hall–Kier alpha value is -1.66. The lowest BCUT2D eigenvalue weighted by molar-refractivity contribution is -0.384. The van der Waals surface area contributed by atoms with Crippen LogP contribution in [0.3, 0.4) is 0 Å². The number of halogens is 1. The first-order valence-corrected chi connectivity index (χ1v) is 5.52. The van der Waals surface area contributed by atoms with E-state index in [-0.39, 0.29) is 22.9 Å². The van der Waals surface area contributed by atoms with Crippen LogP contribution in [0.25, 0.3) is 0 Å². The van der Waals surface area contributed by atoms with Crippen LogP contribution in [0.15, 0.2) is 18.2 Å². The molecule has 18 heavy (non-hydrogen) atoms. The van der Waals surface area contributed by atoms with Gasteiger partial charge >= 0.3 is 0 Å². The van der Waals surface area contributed by atoms with Gasteiger partial charge in [-0.1, -0.05) is 11.6 Å². The van der Waals surface area contributed by atoms with Crippen LogP contribution in [0.4, 0.5) is 5.69 Å². The molecule has 1 aromatic carbocycles. The molecular weight excluding hydrogens is 260 g/mol. The molecule has 0 atom stereocenters. The highest BCUT2D eigenvalue weighted by atomic mass is 35.5.